The summed E-state index contributed by atoms with van der Waals surface area (Å²) in [6, 6.07) is 14.2. The van der Waals surface area contributed by atoms with E-state index in [1.54, 1.807) is 33.3 Å². The molecule has 0 radical (unpaired) electrons. The maximum atomic E-state index is 12.9. The molecule has 0 aliphatic carbocycles. The van der Waals surface area contributed by atoms with E-state index in [9.17, 15) is 9.59 Å². The molecule has 1 atom stereocenters. The number of hydrogen-bond donors (Lipinski definition) is 1. The van der Waals surface area contributed by atoms with Crippen molar-refractivity contribution in [1.82, 2.24) is 4.90 Å². The molecule has 2 aliphatic heterocycles. The van der Waals surface area contributed by atoms with Gasteiger partial charge in [0.15, 0.2) is 5.17 Å². The summed E-state index contributed by atoms with van der Waals surface area (Å²) in [6.45, 7) is 1.79. The molecule has 2 aliphatic rings. The second kappa shape index (κ2) is 10.0. The van der Waals surface area contributed by atoms with Crippen LogP contribution >= 0.6 is 11.8 Å². The van der Waals surface area contributed by atoms with Gasteiger partial charge in [0.25, 0.3) is 0 Å². The maximum absolute atomic E-state index is 12.9. The Morgan fingerprint density at radius 1 is 1.06 bits per heavy atom. The minimum atomic E-state index is -0.513. The highest BCUT2D eigenvalue weighted by molar-refractivity contribution is 8.16. The fourth-order valence-electron chi connectivity index (χ4n) is 3.94. The summed E-state index contributed by atoms with van der Waals surface area (Å²) in [7, 11) is 4.52. The molecule has 4 rings (SSSR count). The molecule has 1 N–H and O–H groups in total. The van der Waals surface area contributed by atoms with Crippen molar-refractivity contribution in [3.05, 3.63) is 76.5 Å². The van der Waals surface area contributed by atoms with E-state index in [4.69, 9.17) is 14.2 Å². The molecule has 2 heterocycles. The summed E-state index contributed by atoms with van der Waals surface area (Å²) >= 11 is 1.42. The molecule has 0 spiro atoms. The number of fused-ring (bicyclic) bond motifs is 1. The molecule has 34 heavy (non-hydrogen) atoms. The number of ether oxygens (including phenoxy) is 3. The van der Waals surface area contributed by atoms with Crippen LogP contribution in [0, 0.1) is 0 Å². The van der Waals surface area contributed by atoms with Crippen molar-refractivity contribution in [3.8, 4) is 11.5 Å². The van der Waals surface area contributed by atoms with E-state index in [2.05, 4.69) is 10.3 Å². The number of aliphatic imine (C=N–C) groups is 1. The Labute approximate surface area is 202 Å². The Morgan fingerprint density at radius 3 is 2.47 bits per heavy atom. The summed E-state index contributed by atoms with van der Waals surface area (Å²) in [4.78, 5) is 32.3. The molecule has 9 heteroatoms. The average Bonchev–Trinajstić information content (AvgIpc) is 3.24. The summed E-state index contributed by atoms with van der Waals surface area (Å²) in [5, 5.41) is 5.50. The fraction of sp³-hybridized carbons (Fsp3) is 0.240. The molecule has 0 saturated heterocycles. The zero-order chi connectivity index (χ0) is 24.2. The van der Waals surface area contributed by atoms with Crippen molar-refractivity contribution in [2.24, 2.45) is 4.99 Å². The third-order valence-corrected chi connectivity index (χ3v) is 6.40. The predicted molar refractivity (Wildman–Crippen MR) is 132 cm³/mol. The van der Waals surface area contributed by atoms with Gasteiger partial charge in [0.2, 0.25) is 5.91 Å². The molecule has 0 fully saturated rings. The van der Waals surface area contributed by atoms with Gasteiger partial charge in [-0.25, -0.2) is 9.79 Å². The molecule has 1 amide bonds. The Morgan fingerprint density at radius 2 is 1.76 bits per heavy atom. The van der Waals surface area contributed by atoms with Crippen LogP contribution in [0.2, 0.25) is 0 Å². The minimum absolute atomic E-state index is 0.0944. The van der Waals surface area contributed by atoms with Crippen LogP contribution in [0.4, 0.5) is 5.69 Å². The number of amides is 1. The third kappa shape index (κ3) is 4.65. The van der Waals surface area contributed by atoms with E-state index in [0.717, 1.165) is 11.3 Å². The van der Waals surface area contributed by atoms with Crippen LogP contribution in [0.5, 0.6) is 11.5 Å². The molecule has 176 valence electrons. The third-order valence-electron chi connectivity index (χ3n) is 5.51. The van der Waals surface area contributed by atoms with Gasteiger partial charge in [0.1, 0.15) is 11.5 Å². The van der Waals surface area contributed by atoms with Gasteiger partial charge < -0.3 is 24.4 Å². The van der Waals surface area contributed by atoms with Crippen molar-refractivity contribution < 1.29 is 23.8 Å². The lowest BCUT2D eigenvalue weighted by atomic mass is 9.93. The normalized spacial score (nSPS) is 16.9. The standard InChI is InChI=1S/C25H25N3O5S/c1-15-22(24(30)33-4)23(16-7-5-9-19(11-16)31-2)28-18(14-34-25(28)26-15)13-21(29)27-17-8-6-10-20(12-17)32-3/h5-12,14,23H,13H2,1-4H3,(H,27,29)/t23-/m1/s1. The second-order valence-electron chi connectivity index (χ2n) is 7.62. The number of nitrogens with zero attached hydrogens (tertiary/aromatic N) is 2. The second-order valence-corrected chi connectivity index (χ2v) is 8.45. The SMILES string of the molecule is COC(=O)C1=C(C)N=C2SC=C(CC(=O)Nc3cccc(OC)c3)N2[C@@H]1c1cccc(OC)c1. The topological polar surface area (TPSA) is 89.5 Å². The Bertz CT molecular complexity index is 1220. The Hall–Kier alpha value is -3.72. The van der Waals surface area contributed by atoms with Crippen LogP contribution in [0.1, 0.15) is 24.9 Å². The first-order valence-electron chi connectivity index (χ1n) is 10.6. The van der Waals surface area contributed by atoms with Crippen LogP contribution in [-0.2, 0) is 14.3 Å². The zero-order valence-corrected chi connectivity index (χ0v) is 20.1. The largest absolute Gasteiger partial charge is 0.497 e. The van der Waals surface area contributed by atoms with E-state index in [1.807, 2.05) is 46.7 Å². The summed E-state index contributed by atoms with van der Waals surface area (Å²) < 4.78 is 15.7. The van der Waals surface area contributed by atoms with E-state index in [0.29, 0.717) is 33.6 Å². The lowest BCUT2D eigenvalue weighted by Crippen LogP contribution is -2.37. The molecular formula is C25H25N3O5S. The highest BCUT2D eigenvalue weighted by Gasteiger charge is 2.41. The van der Waals surface area contributed by atoms with Crippen molar-refractivity contribution in [2.75, 3.05) is 26.6 Å². The van der Waals surface area contributed by atoms with Gasteiger partial charge in [-0.1, -0.05) is 30.0 Å². The number of benzene rings is 2. The first-order valence-corrected chi connectivity index (χ1v) is 11.4. The molecule has 0 unspecified atom stereocenters. The molecule has 0 aromatic heterocycles. The number of allylic oxidation sites excluding steroid dienone is 1. The summed E-state index contributed by atoms with van der Waals surface area (Å²) in [6.07, 6.45) is 0.0944. The summed E-state index contributed by atoms with van der Waals surface area (Å²) in [5.41, 5.74) is 3.19. The number of thioether (sulfide) groups is 1. The Balaban J connectivity index is 1.66. The van der Waals surface area contributed by atoms with Gasteiger partial charge in [0, 0.05) is 17.5 Å². The van der Waals surface area contributed by atoms with Crippen LogP contribution in [0.25, 0.3) is 0 Å². The zero-order valence-electron chi connectivity index (χ0n) is 19.3. The molecule has 0 bridgehead atoms. The van der Waals surface area contributed by atoms with Gasteiger partial charge in [-0.05, 0) is 42.2 Å². The lowest BCUT2D eigenvalue weighted by molar-refractivity contribution is -0.136. The first kappa shape index (κ1) is 23.4. The van der Waals surface area contributed by atoms with Crippen LogP contribution < -0.4 is 14.8 Å². The maximum Gasteiger partial charge on any atom is 0.338 e. The van der Waals surface area contributed by atoms with Crippen molar-refractivity contribution in [3.63, 3.8) is 0 Å². The molecule has 2 aromatic carbocycles. The van der Waals surface area contributed by atoms with Crippen molar-refractivity contribution in [1.29, 1.82) is 0 Å². The number of carbonyl (C=O) groups is 2. The van der Waals surface area contributed by atoms with Crippen LogP contribution in [0.3, 0.4) is 0 Å². The van der Waals surface area contributed by atoms with Crippen molar-refractivity contribution in [2.45, 2.75) is 19.4 Å². The van der Waals surface area contributed by atoms with Gasteiger partial charge in [-0.3, -0.25) is 4.79 Å². The average molecular weight is 480 g/mol. The number of hydrogen-bond acceptors (Lipinski definition) is 8. The number of anilines is 1. The number of esters is 1. The quantitative estimate of drug-likeness (QED) is 0.586. The molecule has 2 aromatic rings. The number of nitrogens with one attached hydrogen (secondary N) is 1. The van der Waals surface area contributed by atoms with Gasteiger partial charge >= 0.3 is 5.97 Å². The van der Waals surface area contributed by atoms with Gasteiger partial charge in [-0.2, -0.15) is 0 Å². The molecule has 0 saturated carbocycles. The van der Waals surface area contributed by atoms with E-state index in [1.165, 1.54) is 18.9 Å². The number of amidine groups is 1. The molecule has 8 nitrogen and oxygen atoms in total. The van der Waals surface area contributed by atoms with Gasteiger partial charge in [-0.15, -0.1) is 0 Å². The van der Waals surface area contributed by atoms with Crippen LogP contribution in [0.15, 0.2) is 75.9 Å². The smallest absolute Gasteiger partial charge is 0.338 e. The van der Waals surface area contributed by atoms with E-state index >= 15 is 0 Å². The number of rotatable bonds is 7. The number of methoxy groups -OCH3 is 3. The Kier molecular flexibility index (Phi) is 6.93. The van der Waals surface area contributed by atoms with Crippen LogP contribution in [-0.4, -0.2) is 43.3 Å². The monoisotopic (exact) mass is 479 g/mol. The fourth-order valence-corrected chi connectivity index (χ4v) is 4.90. The number of carbonyl (C=O) groups excluding carboxylic acids is 2. The predicted octanol–water partition coefficient (Wildman–Crippen LogP) is 4.48. The highest BCUT2D eigenvalue weighted by atomic mass is 32.2. The van der Waals surface area contributed by atoms with Crippen molar-refractivity contribution >= 4 is 34.5 Å². The summed E-state index contributed by atoms with van der Waals surface area (Å²) in [5.74, 6) is 0.652. The molecular weight excluding hydrogens is 454 g/mol. The minimum Gasteiger partial charge on any atom is -0.497 e. The first-order chi connectivity index (χ1) is 16.4. The van der Waals surface area contributed by atoms with E-state index in [-0.39, 0.29) is 12.3 Å². The highest BCUT2D eigenvalue weighted by Crippen LogP contribution is 2.45. The van der Waals surface area contributed by atoms with E-state index < -0.39 is 12.0 Å². The van der Waals surface area contributed by atoms with Gasteiger partial charge in [0.05, 0.1) is 45.1 Å². The lowest BCUT2D eigenvalue weighted by Gasteiger charge is -2.36.